The van der Waals surface area contributed by atoms with E-state index >= 15 is 0 Å². The molecule has 88 valence electrons. The zero-order valence-electron chi connectivity index (χ0n) is 9.44. The van der Waals surface area contributed by atoms with Gasteiger partial charge in [-0.25, -0.2) is 9.78 Å². The van der Waals surface area contributed by atoms with Crippen molar-refractivity contribution in [1.82, 2.24) is 9.55 Å². The highest BCUT2D eigenvalue weighted by Crippen LogP contribution is 2.26. The van der Waals surface area contributed by atoms with Crippen molar-refractivity contribution >= 4 is 21.9 Å². The topological polar surface area (TPSA) is 55.1 Å². The Hall–Kier alpha value is -1.62. The molecule has 4 nitrogen and oxygen atoms in total. The fourth-order valence-corrected chi connectivity index (χ4v) is 2.12. The van der Waals surface area contributed by atoms with Crippen molar-refractivity contribution in [3.05, 3.63) is 40.3 Å². The van der Waals surface area contributed by atoms with E-state index in [1.807, 2.05) is 31.3 Å². The van der Waals surface area contributed by atoms with Gasteiger partial charge in [-0.3, -0.25) is 0 Å². The summed E-state index contributed by atoms with van der Waals surface area (Å²) in [7, 11) is 1.81. The van der Waals surface area contributed by atoms with E-state index in [2.05, 4.69) is 20.9 Å². The molecule has 0 atom stereocenters. The number of carbonyl (C=O) groups is 1. The number of aryl methyl sites for hydroxylation is 1. The van der Waals surface area contributed by atoms with Crippen molar-refractivity contribution in [3.63, 3.8) is 0 Å². The van der Waals surface area contributed by atoms with Crippen LogP contribution in [0.2, 0.25) is 0 Å². The lowest BCUT2D eigenvalue weighted by Crippen LogP contribution is -2.01. The molecule has 1 N–H and O–H groups in total. The fourth-order valence-electron chi connectivity index (χ4n) is 1.73. The average Bonchev–Trinajstić information content (AvgIpc) is 2.56. The molecule has 5 heteroatoms. The second kappa shape index (κ2) is 4.33. The van der Waals surface area contributed by atoms with Crippen molar-refractivity contribution in [3.8, 4) is 11.3 Å². The van der Waals surface area contributed by atoms with Gasteiger partial charge in [-0.05, 0) is 19.1 Å². The summed E-state index contributed by atoms with van der Waals surface area (Å²) in [5, 5.41) is 9.15. The summed E-state index contributed by atoms with van der Waals surface area (Å²) in [6, 6.07) is 7.51. The van der Waals surface area contributed by atoms with Crippen molar-refractivity contribution in [1.29, 1.82) is 0 Å². The van der Waals surface area contributed by atoms with E-state index in [1.165, 1.54) is 0 Å². The molecule has 2 rings (SSSR count). The van der Waals surface area contributed by atoms with Gasteiger partial charge in [-0.15, -0.1) is 0 Å². The summed E-state index contributed by atoms with van der Waals surface area (Å²) in [6.07, 6.45) is 0. The van der Waals surface area contributed by atoms with E-state index in [1.54, 1.807) is 11.5 Å². The molecule has 0 aliphatic heterocycles. The molecular formula is C12H11BrN2O2. The van der Waals surface area contributed by atoms with Gasteiger partial charge in [-0.2, -0.15) is 0 Å². The lowest BCUT2D eigenvalue weighted by atomic mass is 10.1. The normalized spacial score (nSPS) is 10.5. The van der Waals surface area contributed by atoms with Gasteiger partial charge in [0.05, 0.1) is 5.69 Å². The Morgan fingerprint density at radius 2 is 2.18 bits per heavy atom. The molecular weight excluding hydrogens is 284 g/mol. The van der Waals surface area contributed by atoms with Crippen LogP contribution >= 0.6 is 15.9 Å². The monoisotopic (exact) mass is 294 g/mol. The average molecular weight is 295 g/mol. The van der Waals surface area contributed by atoms with E-state index in [-0.39, 0.29) is 5.69 Å². The number of benzene rings is 1. The zero-order chi connectivity index (χ0) is 12.6. The van der Waals surface area contributed by atoms with E-state index in [0.29, 0.717) is 11.5 Å². The third-order valence-corrected chi connectivity index (χ3v) is 3.11. The standard InChI is InChI=1S/C12H11BrN2O2/c1-7-14-10(12(16)17)11(15(7)2)8-4-3-5-9(13)6-8/h3-6H,1-2H3,(H,16,17). The first-order valence-electron chi connectivity index (χ1n) is 5.03. The maximum atomic E-state index is 11.2. The van der Waals surface area contributed by atoms with Gasteiger partial charge in [0.1, 0.15) is 5.82 Å². The number of carboxylic acids is 1. The third kappa shape index (κ3) is 2.10. The van der Waals surface area contributed by atoms with Gasteiger partial charge in [0, 0.05) is 17.1 Å². The molecule has 0 bridgehead atoms. The number of carboxylic acid groups (broad SMARTS) is 1. The van der Waals surface area contributed by atoms with Gasteiger partial charge in [0.15, 0.2) is 5.69 Å². The largest absolute Gasteiger partial charge is 0.476 e. The van der Waals surface area contributed by atoms with Crippen LogP contribution in [0.1, 0.15) is 16.3 Å². The molecule has 0 unspecified atom stereocenters. The van der Waals surface area contributed by atoms with Crippen molar-refractivity contribution in [2.45, 2.75) is 6.92 Å². The molecule has 0 aliphatic rings. The van der Waals surface area contributed by atoms with E-state index in [9.17, 15) is 4.79 Å². The van der Waals surface area contributed by atoms with Crippen LogP contribution in [-0.2, 0) is 7.05 Å². The SMILES string of the molecule is Cc1nc(C(=O)O)c(-c2cccc(Br)c2)n1C. The number of hydrogen-bond donors (Lipinski definition) is 1. The molecule has 1 heterocycles. The predicted molar refractivity (Wildman–Crippen MR) is 68.0 cm³/mol. The number of nitrogens with zero attached hydrogens (tertiary/aromatic N) is 2. The number of imidazole rings is 1. The number of halogens is 1. The van der Waals surface area contributed by atoms with Gasteiger partial charge < -0.3 is 9.67 Å². The molecule has 0 aliphatic carbocycles. The molecule has 0 spiro atoms. The summed E-state index contributed by atoms with van der Waals surface area (Å²) in [6.45, 7) is 1.79. The molecule has 17 heavy (non-hydrogen) atoms. The van der Waals surface area contributed by atoms with Crippen molar-refractivity contribution in [2.24, 2.45) is 7.05 Å². The predicted octanol–water partition coefficient (Wildman–Crippen LogP) is 2.86. The van der Waals surface area contributed by atoms with Crippen LogP contribution in [0.5, 0.6) is 0 Å². The minimum Gasteiger partial charge on any atom is -0.476 e. The smallest absolute Gasteiger partial charge is 0.356 e. The molecule has 0 amide bonds. The van der Waals surface area contributed by atoms with Crippen LogP contribution in [0.25, 0.3) is 11.3 Å². The molecule has 0 radical (unpaired) electrons. The highest BCUT2D eigenvalue weighted by molar-refractivity contribution is 9.10. The van der Waals surface area contributed by atoms with Crippen LogP contribution < -0.4 is 0 Å². The number of hydrogen-bond acceptors (Lipinski definition) is 2. The molecule has 1 aromatic carbocycles. The van der Waals surface area contributed by atoms with Crippen LogP contribution in [0, 0.1) is 6.92 Å². The molecule has 2 aromatic rings. The van der Waals surface area contributed by atoms with Gasteiger partial charge in [0.2, 0.25) is 0 Å². The Morgan fingerprint density at radius 1 is 1.47 bits per heavy atom. The second-order valence-electron chi connectivity index (χ2n) is 3.73. The molecule has 1 aromatic heterocycles. The third-order valence-electron chi connectivity index (χ3n) is 2.62. The van der Waals surface area contributed by atoms with Crippen molar-refractivity contribution < 1.29 is 9.90 Å². The van der Waals surface area contributed by atoms with Crippen LogP contribution in [0.3, 0.4) is 0 Å². The Balaban J connectivity index is 2.70. The maximum absolute atomic E-state index is 11.2. The van der Waals surface area contributed by atoms with Gasteiger partial charge in [-0.1, -0.05) is 28.1 Å². The quantitative estimate of drug-likeness (QED) is 0.927. The van der Waals surface area contributed by atoms with Crippen molar-refractivity contribution in [2.75, 3.05) is 0 Å². The maximum Gasteiger partial charge on any atom is 0.356 e. The minimum atomic E-state index is -1.01. The highest BCUT2D eigenvalue weighted by Gasteiger charge is 2.19. The van der Waals surface area contributed by atoms with Crippen LogP contribution in [0.4, 0.5) is 0 Å². The molecule has 0 saturated carbocycles. The summed E-state index contributed by atoms with van der Waals surface area (Å²) in [5.41, 5.74) is 1.54. The minimum absolute atomic E-state index is 0.0862. The summed E-state index contributed by atoms with van der Waals surface area (Å²) >= 11 is 3.38. The van der Waals surface area contributed by atoms with E-state index in [4.69, 9.17) is 5.11 Å². The van der Waals surface area contributed by atoms with E-state index < -0.39 is 5.97 Å². The number of aromatic carboxylic acids is 1. The summed E-state index contributed by atoms with van der Waals surface area (Å²) in [5.74, 6) is -0.332. The summed E-state index contributed by atoms with van der Waals surface area (Å²) < 4.78 is 2.69. The highest BCUT2D eigenvalue weighted by atomic mass is 79.9. The first kappa shape index (κ1) is 11.9. The summed E-state index contributed by atoms with van der Waals surface area (Å²) in [4.78, 5) is 15.2. The van der Waals surface area contributed by atoms with E-state index in [0.717, 1.165) is 10.0 Å². The number of rotatable bonds is 2. The van der Waals surface area contributed by atoms with Crippen LogP contribution in [0.15, 0.2) is 28.7 Å². The Morgan fingerprint density at radius 3 is 2.76 bits per heavy atom. The first-order valence-corrected chi connectivity index (χ1v) is 5.82. The number of aromatic nitrogens is 2. The second-order valence-corrected chi connectivity index (χ2v) is 4.65. The van der Waals surface area contributed by atoms with Crippen LogP contribution in [-0.4, -0.2) is 20.6 Å². The Labute approximate surface area is 107 Å². The fraction of sp³-hybridized carbons (Fsp3) is 0.167. The lowest BCUT2D eigenvalue weighted by molar-refractivity contribution is 0.0692. The first-order chi connectivity index (χ1) is 8.00. The van der Waals surface area contributed by atoms with Gasteiger partial charge in [0.25, 0.3) is 0 Å². The lowest BCUT2D eigenvalue weighted by Gasteiger charge is -2.05. The molecule has 0 fully saturated rings. The zero-order valence-corrected chi connectivity index (χ0v) is 11.0. The molecule has 0 saturated heterocycles. The Kier molecular flexibility index (Phi) is 3.02. The van der Waals surface area contributed by atoms with Gasteiger partial charge >= 0.3 is 5.97 Å². The Bertz CT molecular complexity index is 590.